The number of rotatable bonds is 11. The van der Waals surface area contributed by atoms with Crippen molar-refractivity contribution in [2.75, 3.05) is 13.1 Å². The normalized spacial score (nSPS) is 17.2. The molecule has 2 aliphatic rings. The minimum absolute atomic E-state index is 0.0662. The highest BCUT2D eigenvalue weighted by molar-refractivity contribution is 6.39. The molecule has 2 fully saturated rings. The Morgan fingerprint density at radius 3 is 1.94 bits per heavy atom. The van der Waals surface area contributed by atoms with Crippen LogP contribution in [-0.2, 0) is 29.7 Å². The molecular weight excluding hydrogens is 709 g/mol. The molecule has 0 aliphatic carbocycles. The maximum absolute atomic E-state index is 13.3. The fourth-order valence-electron chi connectivity index (χ4n) is 7.53. The van der Waals surface area contributed by atoms with Crippen LogP contribution >= 0.6 is 23.2 Å². The number of nitrogens with one attached hydrogen (secondary N) is 4. The number of aromatic nitrogens is 3. The van der Waals surface area contributed by atoms with Crippen LogP contribution in [0.1, 0.15) is 36.8 Å². The Labute approximate surface area is 316 Å². The Kier molecular flexibility index (Phi) is 9.78. The number of halogens is 2. The van der Waals surface area contributed by atoms with Crippen LogP contribution < -0.4 is 26.8 Å². The Balaban J connectivity index is 1.03. The van der Waals surface area contributed by atoms with Crippen LogP contribution in [0.3, 0.4) is 0 Å². The smallest absolute Gasteiger partial charge is 0.262 e. The first-order valence-corrected chi connectivity index (χ1v) is 18.7. The maximum atomic E-state index is 13.3. The van der Waals surface area contributed by atoms with Gasteiger partial charge in [0.2, 0.25) is 11.8 Å². The third-order valence-corrected chi connectivity index (χ3v) is 11.2. The van der Waals surface area contributed by atoms with Gasteiger partial charge in [-0.2, -0.15) is 0 Å². The fourth-order valence-corrected chi connectivity index (χ4v) is 8.20. The number of benzene rings is 3. The van der Waals surface area contributed by atoms with Crippen molar-refractivity contribution < 1.29 is 9.59 Å². The molecule has 10 nitrogen and oxygen atoms in total. The summed E-state index contributed by atoms with van der Waals surface area (Å²) in [5.74, 6) is 0.193. The molecule has 5 heterocycles. The van der Waals surface area contributed by atoms with Crippen molar-refractivity contribution >= 4 is 51.6 Å². The number of carbonyl (C=O) groups excluding carboxylic acids is 2. The van der Waals surface area contributed by atoms with Crippen molar-refractivity contribution in [2.45, 2.75) is 50.9 Å². The first-order valence-electron chi connectivity index (χ1n) is 17.9. The van der Waals surface area contributed by atoms with E-state index < -0.39 is 0 Å². The van der Waals surface area contributed by atoms with Crippen LogP contribution in [0.25, 0.3) is 49.9 Å². The van der Waals surface area contributed by atoms with E-state index in [1.54, 1.807) is 12.4 Å². The molecule has 0 spiro atoms. The van der Waals surface area contributed by atoms with E-state index in [4.69, 9.17) is 23.2 Å². The third kappa shape index (κ3) is 7.07. The molecule has 3 aromatic carbocycles. The van der Waals surface area contributed by atoms with Gasteiger partial charge in [0.1, 0.15) is 5.65 Å². The Morgan fingerprint density at radius 2 is 1.34 bits per heavy atom. The zero-order valence-corrected chi connectivity index (χ0v) is 30.7. The number of aryl methyl sites for hydroxylation is 1. The molecule has 12 heteroatoms. The highest BCUT2D eigenvalue weighted by Gasteiger charge is 2.22. The van der Waals surface area contributed by atoms with Crippen LogP contribution in [0.2, 0.25) is 10.0 Å². The van der Waals surface area contributed by atoms with Gasteiger partial charge < -0.3 is 25.8 Å². The van der Waals surface area contributed by atoms with Gasteiger partial charge in [-0.25, -0.2) is 4.98 Å². The number of hydrogen-bond acceptors (Lipinski definition) is 6. The molecule has 4 N–H and O–H groups in total. The topological polar surface area (TPSA) is 122 Å². The van der Waals surface area contributed by atoms with Gasteiger partial charge in [0, 0.05) is 115 Å². The van der Waals surface area contributed by atoms with E-state index in [1.165, 1.54) is 9.96 Å². The molecule has 0 bridgehead atoms. The van der Waals surface area contributed by atoms with Crippen molar-refractivity contribution in [3.63, 3.8) is 0 Å². The van der Waals surface area contributed by atoms with E-state index in [0.29, 0.717) is 53.7 Å². The Bertz CT molecular complexity index is 2460. The summed E-state index contributed by atoms with van der Waals surface area (Å²) < 4.78 is 3.67. The molecule has 53 heavy (non-hydrogen) atoms. The van der Waals surface area contributed by atoms with Crippen molar-refractivity contribution in [1.29, 1.82) is 0 Å². The SMILES string of the molecule is Cn1cc(CNC[C@@H]2CCC(=O)N2)c2ccc(-c3cccc(-c4cccc(-c5ccn6c(=O)c(CNC[C@H]7CCC(=O)N7)cnc6c5)c4Cl)c3Cl)cc21. The lowest BCUT2D eigenvalue weighted by Crippen LogP contribution is -2.36. The number of nitrogens with zero attached hydrogens (tertiary/aromatic N) is 3. The average molecular weight is 749 g/mol. The zero-order chi connectivity index (χ0) is 36.6. The zero-order valence-electron chi connectivity index (χ0n) is 29.2. The molecule has 2 saturated heterocycles. The van der Waals surface area contributed by atoms with E-state index in [9.17, 15) is 14.4 Å². The molecule has 0 radical (unpaired) electrons. The van der Waals surface area contributed by atoms with Crippen molar-refractivity contribution in [1.82, 2.24) is 35.2 Å². The molecule has 2 aliphatic heterocycles. The minimum atomic E-state index is -0.148. The van der Waals surface area contributed by atoms with Crippen LogP contribution in [0.15, 0.2) is 90.1 Å². The highest BCUT2D eigenvalue weighted by Crippen LogP contribution is 2.43. The summed E-state index contributed by atoms with van der Waals surface area (Å²) in [7, 11) is 2.05. The minimum Gasteiger partial charge on any atom is -0.352 e. The van der Waals surface area contributed by atoms with E-state index in [0.717, 1.165) is 63.7 Å². The first-order chi connectivity index (χ1) is 25.7. The van der Waals surface area contributed by atoms with Crippen LogP contribution in [-0.4, -0.2) is 50.9 Å². The van der Waals surface area contributed by atoms with E-state index >= 15 is 0 Å². The second-order valence-corrected chi connectivity index (χ2v) is 14.7. The van der Waals surface area contributed by atoms with Crippen LogP contribution in [0, 0.1) is 0 Å². The lowest BCUT2D eigenvalue weighted by atomic mass is 9.95. The lowest BCUT2D eigenvalue weighted by molar-refractivity contribution is -0.120. The predicted molar refractivity (Wildman–Crippen MR) is 210 cm³/mol. The lowest BCUT2D eigenvalue weighted by Gasteiger charge is -2.15. The number of amides is 2. The average Bonchev–Trinajstić information content (AvgIpc) is 3.87. The second-order valence-electron chi connectivity index (χ2n) is 13.9. The Morgan fingerprint density at radius 1 is 0.755 bits per heavy atom. The van der Waals surface area contributed by atoms with Gasteiger partial charge in [0.15, 0.2) is 0 Å². The number of fused-ring (bicyclic) bond motifs is 2. The highest BCUT2D eigenvalue weighted by atomic mass is 35.5. The second kappa shape index (κ2) is 14.8. The van der Waals surface area contributed by atoms with Crippen LogP contribution in [0.5, 0.6) is 0 Å². The molecule has 2 atom stereocenters. The summed E-state index contributed by atoms with van der Waals surface area (Å²) in [4.78, 5) is 40.9. The summed E-state index contributed by atoms with van der Waals surface area (Å²) in [5, 5.41) is 15.0. The van der Waals surface area contributed by atoms with Crippen LogP contribution in [0.4, 0.5) is 0 Å². The largest absolute Gasteiger partial charge is 0.352 e. The predicted octanol–water partition coefficient (Wildman–Crippen LogP) is 6.23. The van der Waals surface area contributed by atoms with E-state index in [1.807, 2.05) is 55.6 Å². The van der Waals surface area contributed by atoms with Gasteiger partial charge in [-0.15, -0.1) is 0 Å². The van der Waals surface area contributed by atoms with Gasteiger partial charge in [0.05, 0.1) is 10.0 Å². The molecule has 8 rings (SSSR count). The number of carbonyl (C=O) groups is 2. The van der Waals surface area contributed by atoms with Gasteiger partial charge in [-0.05, 0) is 47.7 Å². The Hall–Kier alpha value is -5.00. The number of pyridine rings is 1. The van der Waals surface area contributed by atoms with Crippen molar-refractivity contribution in [2.24, 2.45) is 7.05 Å². The standard InChI is InChI=1S/C41H39Cl2N7O3/c1-49-23-27(19-45-22-29-10-13-38(52)48-29)30-11-8-24(16-35(30)49)31-4-2-6-33(39(31)42)34-7-3-5-32(40(34)43)25-14-15-50-36(17-25)46-20-26(41(50)53)18-44-21-28-9-12-37(51)47-28/h2-8,11,14-17,20,23,28-29,44-45H,9-10,12-13,18-19,21-22H2,1H3,(H,47,51)(H,48,52)/t28-,29+/m1/s1. The van der Waals surface area contributed by atoms with E-state index in [2.05, 4.69) is 55.2 Å². The molecule has 3 aromatic heterocycles. The fraction of sp³-hybridized carbons (Fsp3) is 0.268. The summed E-state index contributed by atoms with van der Waals surface area (Å²) in [6, 6.07) is 22.3. The summed E-state index contributed by atoms with van der Waals surface area (Å²) in [6.45, 7) is 2.41. The van der Waals surface area contributed by atoms with Gasteiger partial charge in [-0.3, -0.25) is 18.8 Å². The summed E-state index contributed by atoms with van der Waals surface area (Å²) >= 11 is 14.4. The van der Waals surface area contributed by atoms with Crippen molar-refractivity contribution in [3.8, 4) is 33.4 Å². The molecule has 0 saturated carbocycles. The quantitative estimate of drug-likeness (QED) is 0.125. The maximum Gasteiger partial charge on any atom is 0.262 e. The molecule has 2 amide bonds. The van der Waals surface area contributed by atoms with Gasteiger partial charge >= 0.3 is 0 Å². The van der Waals surface area contributed by atoms with Crippen molar-refractivity contribution in [3.05, 3.63) is 117 Å². The van der Waals surface area contributed by atoms with Gasteiger partial charge in [0.25, 0.3) is 5.56 Å². The number of hydrogen-bond donors (Lipinski definition) is 4. The molecule has 270 valence electrons. The third-order valence-electron chi connectivity index (χ3n) is 10.3. The monoisotopic (exact) mass is 747 g/mol. The summed E-state index contributed by atoms with van der Waals surface area (Å²) in [5.41, 5.74) is 8.34. The van der Waals surface area contributed by atoms with E-state index in [-0.39, 0.29) is 29.5 Å². The molecule has 6 aromatic rings. The molecular formula is C41H39Cl2N7O3. The van der Waals surface area contributed by atoms with Gasteiger partial charge in [-0.1, -0.05) is 71.7 Å². The molecule has 0 unspecified atom stereocenters. The first kappa shape index (κ1) is 35.1. The summed E-state index contributed by atoms with van der Waals surface area (Å²) in [6.07, 6.45) is 8.28.